The van der Waals surface area contributed by atoms with Crippen molar-refractivity contribution in [2.24, 2.45) is 11.1 Å². The fraction of sp³-hybridized carbons (Fsp3) is 0.312. The number of imide groups is 1. The number of nitrogens with zero attached hydrogens (tertiary/aromatic N) is 2. The first-order valence-corrected chi connectivity index (χ1v) is 14.1. The van der Waals surface area contributed by atoms with E-state index in [2.05, 4.69) is 5.16 Å². The van der Waals surface area contributed by atoms with Crippen LogP contribution in [0.15, 0.2) is 65.8 Å². The molecule has 0 aliphatic carbocycles. The molecule has 1 saturated heterocycles. The molecule has 43 heavy (non-hydrogen) atoms. The summed E-state index contributed by atoms with van der Waals surface area (Å²) in [7, 11) is 1.52. The molecule has 1 unspecified atom stereocenters. The summed E-state index contributed by atoms with van der Waals surface area (Å²) in [5.74, 6) is -3.90. The summed E-state index contributed by atoms with van der Waals surface area (Å²) < 4.78 is 32.8. The Hall–Kier alpha value is -4.31. The fourth-order valence-corrected chi connectivity index (χ4v) is 5.19. The van der Waals surface area contributed by atoms with Gasteiger partial charge >= 0.3 is 5.97 Å². The lowest BCUT2D eigenvalue weighted by molar-refractivity contribution is -0.146. The second-order valence-electron chi connectivity index (χ2n) is 10.5. The average Bonchev–Trinajstić information content (AvgIpc) is 3.10. The number of carboxylic acids is 1. The predicted octanol–water partition coefficient (Wildman–Crippen LogP) is 6.19. The average molecular weight is 613 g/mol. The largest absolute Gasteiger partial charge is 0.496 e. The van der Waals surface area contributed by atoms with Crippen LogP contribution in [-0.2, 0) is 27.2 Å². The summed E-state index contributed by atoms with van der Waals surface area (Å²) in [5, 5.41) is 13.6. The molecule has 0 spiro atoms. The number of hydrogen-bond acceptors (Lipinski definition) is 6. The van der Waals surface area contributed by atoms with Crippen LogP contribution in [0.2, 0.25) is 5.02 Å². The summed E-state index contributed by atoms with van der Waals surface area (Å²) in [6, 6.07) is 14.7. The maximum atomic E-state index is 13.8. The first kappa shape index (κ1) is 31.6. The maximum absolute atomic E-state index is 13.8. The maximum Gasteiger partial charge on any atom is 0.307 e. The molecule has 2 amide bonds. The highest BCUT2D eigenvalue weighted by molar-refractivity contribution is 6.30. The lowest BCUT2D eigenvalue weighted by Gasteiger charge is -2.24. The van der Waals surface area contributed by atoms with Crippen molar-refractivity contribution < 1.29 is 37.8 Å². The molecule has 0 saturated carbocycles. The second kappa shape index (κ2) is 14.2. The van der Waals surface area contributed by atoms with Gasteiger partial charge in [-0.25, -0.2) is 8.78 Å². The first-order valence-electron chi connectivity index (χ1n) is 13.7. The van der Waals surface area contributed by atoms with Crippen LogP contribution < -0.4 is 9.57 Å². The number of halogens is 3. The zero-order chi connectivity index (χ0) is 31.1. The SMILES string of the molecule is COc1ccc(Cl)cc1CC1CC/C(=N\Oc2cc(F)cc(F)c2)CN(C(=O)C[C@H](C)c2ccc(CC(=O)O)cc2)C1=O. The quantitative estimate of drug-likeness (QED) is 0.274. The molecule has 2 atom stereocenters. The van der Waals surface area contributed by atoms with Crippen LogP contribution in [0.25, 0.3) is 0 Å². The predicted molar refractivity (Wildman–Crippen MR) is 156 cm³/mol. The van der Waals surface area contributed by atoms with Gasteiger partial charge in [0.15, 0.2) is 5.75 Å². The molecule has 11 heteroatoms. The molecule has 226 valence electrons. The molecule has 0 bridgehead atoms. The number of carbonyl (C=O) groups excluding carboxylic acids is 2. The minimum Gasteiger partial charge on any atom is -0.496 e. The number of likely N-dealkylation sites (tertiary alicyclic amines) is 1. The van der Waals surface area contributed by atoms with Crippen LogP contribution in [0, 0.1) is 17.6 Å². The van der Waals surface area contributed by atoms with Gasteiger partial charge in [-0.1, -0.05) is 47.9 Å². The topological polar surface area (TPSA) is 106 Å². The number of benzene rings is 3. The number of aliphatic carboxylic acids is 1. The Kier molecular flexibility index (Phi) is 10.5. The highest BCUT2D eigenvalue weighted by atomic mass is 35.5. The third kappa shape index (κ3) is 8.61. The number of rotatable bonds is 10. The van der Waals surface area contributed by atoms with Crippen molar-refractivity contribution in [3.63, 3.8) is 0 Å². The Morgan fingerprint density at radius 2 is 1.79 bits per heavy atom. The number of carbonyl (C=O) groups is 3. The van der Waals surface area contributed by atoms with Crippen molar-refractivity contribution in [3.8, 4) is 11.5 Å². The van der Waals surface area contributed by atoms with Crippen LogP contribution in [0.4, 0.5) is 8.78 Å². The fourth-order valence-electron chi connectivity index (χ4n) is 5.00. The van der Waals surface area contributed by atoms with Gasteiger partial charge in [0.25, 0.3) is 0 Å². The van der Waals surface area contributed by atoms with Gasteiger partial charge in [0.2, 0.25) is 11.8 Å². The molecule has 8 nitrogen and oxygen atoms in total. The number of amides is 2. The van der Waals surface area contributed by atoms with Gasteiger partial charge in [-0.3, -0.25) is 19.3 Å². The van der Waals surface area contributed by atoms with Gasteiger partial charge in [0, 0.05) is 35.6 Å². The number of hydrogen-bond donors (Lipinski definition) is 1. The van der Waals surface area contributed by atoms with E-state index in [0.717, 1.165) is 22.6 Å². The van der Waals surface area contributed by atoms with E-state index in [-0.39, 0.29) is 37.5 Å². The third-order valence-corrected chi connectivity index (χ3v) is 7.48. The molecule has 0 aromatic heterocycles. The van der Waals surface area contributed by atoms with Gasteiger partial charge in [-0.05, 0) is 60.1 Å². The normalized spacial score (nSPS) is 17.0. The molecule has 4 rings (SSSR count). The standard InChI is InChI=1S/C32H31ClF2N2O6/c1-19(21-5-3-20(4-6-21)12-31(39)40)11-30(38)37-18-27(36-43-28-16-25(34)15-26(35)17-28)9-7-22(32(37)41)13-23-14-24(33)8-10-29(23)42-2/h3-6,8,10,14-17,19,22H,7,9,11-13,18H2,1-2H3,(H,39,40)/b36-27+/t19-,22?/m0/s1. The molecule has 1 aliphatic heterocycles. The molecule has 3 aromatic rings. The number of carboxylic acid groups (broad SMARTS) is 1. The Labute approximate surface area is 252 Å². The summed E-state index contributed by atoms with van der Waals surface area (Å²) >= 11 is 6.21. The molecule has 1 aliphatic rings. The van der Waals surface area contributed by atoms with Crippen LogP contribution >= 0.6 is 11.6 Å². The molecule has 1 fully saturated rings. The molecular formula is C32H31ClF2N2O6. The van der Waals surface area contributed by atoms with Crippen LogP contribution in [-0.4, -0.2) is 47.2 Å². The summed E-state index contributed by atoms with van der Waals surface area (Å²) in [6.45, 7) is 1.69. The first-order chi connectivity index (χ1) is 20.5. The van der Waals surface area contributed by atoms with E-state index in [1.165, 1.54) is 7.11 Å². The van der Waals surface area contributed by atoms with Crippen molar-refractivity contribution >= 4 is 35.1 Å². The number of ether oxygens (including phenoxy) is 1. The lowest BCUT2D eigenvalue weighted by atomic mass is 9.92. The zero-order valence-electron chi connectivity index (χ0n) is 23.7. The summed E-state index contributed by atoms with van der Waals surface area (Å²) in [4.78, 5) is 44.9. The minimum atomic E-state index is -0.940. The van der Waals surface area contributed by atoms with Crippen LogP contribution in [0.3, 0.4) is 0 Å². The van der Waals surface area contributed by atoms with E-state index in [0.29, 0.717) is 46.5 Å². The molecule has 1 N–H and O–H groups in total. The Morgan fingerprint density at radius 3 is 2.44 bits per heavy atom. The van der Waals surface area contributed by atoms with E-state index in [9.17, 15) is 23.2 Å². The zero-order valence-corrected chi connectivity index (χ0v) is 24.4. The highest BCUT2D eigenvalue weighted by Crippen LogP contribution is 2.30. The smallest absolute Gasteiger partial charge is 0.307 e. The van der Waals surface area contributed by atoms with Crippen molar-refractivity contribution in [3.05, 3.63) is 94.0 Å². The van der Waals surface area contributed by atoms with E-state index in [1.807, 2.05) is 6.92 Å². The van der Waals surface area contributed by atoms with Gasteiger partial charge in [-0.15, -0.1) is 0 Å². The Bertz CT molecular complexity index is 1510. The van der Waals surface area contributed by atoms with E-state index in [1.54, 1.807) is 42.5 Å². The Balaban J connectivity index is 1.58. The van der Waals surface area contributed by atoms with Crippen molar-refractivity contribution in [2.75, 3.05) is 13.7 Å². The molecular weight excluding hydrogens is 582 g/mol. The van der Waals surface area contributed by atoms with E-state index >= 15 is 0 Å². The van der Waals surface area contributed by atoms with E-state index in [4.69, 9.17) is 26.3 Å². The third-order valence-electron chi connectivity index (χ3n) is 7.25. The van der Waals surface area contributed by atoms with Gasteiger partial charge < -0.3 is 14.7 Å². The van der Waals surface area contributed by atoms with Crippen molar-refractivity contribution in [1.29, 1.82) is 0 Å². The minimum absolute atomic E-state index is 0.000465. The van der Waals surface area contributed by atoms with Crippen LogP contribution in [0.5, 0.6) is 11.5 Å². The van der Waals surface area contributed by atoms with Crippen LogP contribution in [0.1, 0.15) is 48.8 Å². The van der Waals surface area contributed by atoms with Crippen molar-refractivity contribution in [2.45, 2.75) is 44.9 Å². The molecule has 1 heterocycles. The lowest BCUT2D eigenvalue weighted by Crippen LogP contribution is -2.42. The highest BCUT2D eigenvalue weighted by Gasteiger charge is 2.34. The summed E-state index contributed by atoms with van der Waals surface area (Å²) in [6.07, 6.45) is 0.776. The summed E-state index contributed by atoms with van der Waals surface area (Å²) in [5.41, 5.74) is 2.52. The number of oxime groups is 1. The Morgan fingerprint density at radius 1 is 1.09 bits per heavy atom. The monoisotopic (exact) mass is 612 g/mol. The second-order valence-corrected chi connectivity index (χ2v) is 10.9. The number of methoxy groups -OCH3 is 1. The van der Waals surface area contributed by atoms with Gasteiger partial charge in [0.1, 0.15) is 17.4 Å². The van der Waals surface area contributed by atoms with Crippen molar-refractivity contribution in [1.82, 2.24) is 4.90 Å². The van der Waals surface area contributed by atoms with Gasteiger partial charge in [0.05, 0.1) is 25.8 Å². The molecule has 0 radical (unpaired) electrons. The molecule has 3 aromatic carbocycles. The van der Waals surface area contributed by atoms with E-state index < -0.39 is 35.3 Å². The van der Waals surface area contributed by atoms with Gasteiger partial charge in [-0.2, -0.15) is 0 Å².